The number of nitrogens with one attached hydrogen (secondary N) is 1. The lowest BCUT2D eigenvalue weighted by Gasteiger charge is -2.15. The summed E-state index contributed by atoms with van der Waals surface area (Å²) in [5, 5.41) is 1.61. The fraction of sp³-hybridized carbons (Fsp3) is 0.150. The minimum absolute atomic E-state index is 0.261. The van der Waals surface area contributed by atoms with E-state index in [0.717, 1.165) is 34.5 Å². The van der Waals surface area contributed by atoms with Gasteiger partial charge in [-0.2, -0.15) is 5.01 Å². The largest absolute Gasteiger partial charge is 0.494 e. The number of thioether (sulfide) groups is 1. The molecule has 0 unspecified atom stereocenters. The number of ether oxygens (including phenoxy) is 1. The second-order valence-electron chi connectivity index (χ2n) is 5.89. The van der Waals surface area contributed by atoms with Gasteiger partial charge in [0.15, 0.2) is 4.32 Å². The Hall–Kier alpha value is -2.35. The zero-order valence-electron chi connectivity index (χ0n) is 15.0. The molecule has 8 heteroatoms. The number of halogens is 1. The van der Waals surface area contributed by atoms with Crippen LogP contribution in [-0.4, -0.2) is 27.8 Å². The number of nitrogens with zero attached hydrogens (tertiary/aromatic N) is 1. The number of amides is 2. The molecular weight excluding hydrogens is 416 g/mol. The van der Waals surface area contributed by atoms with Crippen LogP contribution in [0, 0.1) is 0 Å². The van der Waals surface area contributed by atoms with Gasteiger partial charge in [-0.3, -0.25) is 15.0 Å². The average molecular weight is 433 g/mol. The van der Waals surface area contributed by atoms with Crippen molar-refractivity contribution in [3.8, 4) is 5.75 Å². The maximum atomic E-state index is 12.7. The molecule has 0 spiro atoms. The second-order valence-corrected chi connectivity index (χ2v) is 8.00. The van der Waals surface area contributed by atoms with E-state index in [4.69, 9.17) is 28.6 Å². The van der Waals surface area contributed by atoms with Crippen molar-refractivity contribution in [2.45, 2.75) is 13.3 Å². The van der Waals surface area contributed by atoms with E-state index in [1.54, 1.807) is 30.3 Å². The van der Waals surface area contributed by atoms with Crippen LogP contribution in [0.2, 0.25) is 5.02 Å². The maximum absolute atomic E-state index is 12.7. The Labute approximate surface area is 177 Å². The number of benzene rings is 2. The molecule has 3 rings (SSSR count). The Morgan fingerprint density at radius 2 is 2.04 bits per heavy atom. The lowest BCUT2D eigenvalue weighted by molar-refractivity contribution is -0.123. The smallest absolute Gasteiger partial charge is 0.285 e. The summed E-state index contributed by atoms with van der Waals surface area (Å²) in [5.74, 6) is -0.0801. The summed E-state index contributed by atoms with van der Waals surface area (Å²) in [6.07, 6.45) is 2.64. The van der Waals surface area contributed by atoms with Gasteiger partial charge in [0.2, 0.25) is 0 Å². The van der Waals surface area contributed by atoms with E-state index in [1.807, 2.05) is 31.2 Å². The zero-order valence-corrected chi connectivity index (χ0v) is 17.4. The summed E-state index contributed by atoms with van der Waals surface area (Å²) in [6.45, 7) is 2.66. The lowest BCUT2D eigenvalue weighted by Crippen LogP contribution is -2.44. The van der Waals surface area contributed by atoms with Gasteiger partial charge in [0.05, 0.1) is 11.5 Å². The third-order valence-corrected chi connectivity index (χ3v) is 5.30. The van der Waals surface area contributed by atoms with E-state index in [1.165, 1.54) is 0 Å². The normalized spacial score (nSPS) is 15.2. The maximum Gasteiger partial charge on any atom is 0.285 e. The highest BCUT2D eigenvalue weighted by atomic mass is 35.5. The summed E-state index contributed by atoms with van der Waals surface area (Å²) in [7, 11) is 0. The topological polar surface area (TPSA) is 58.6 Å². The van der Waals surface area contributed by atoms with Gasteiger partial charge in [0, 0.05) is 10.6 Å². The fourth-order valence-corrected chi connectivity index (χ4v) is 3.70. The summed E-state index contributed by atoms with van der Waals surface area (Å²) in [6, 6.07) is 13.8. The van der Waals surface area contributed by atoms with Crippen LogP contribution in [0.15, 0.2) is 53.4 Å². The van der Waals surface area contributed by atoms with Crippen LogP contribution in [0.1, 0.15) is 29.3 Å². The van der Waals surface area contributed by atoms with Gasteiger partial charge < -0.3 is 4.74 Å². The molecule has 1 heterocycles. The van der Waals surface area contributed by atoms with Gasteiger partial charge in [-0.1, -0.05) is 42.4 Å². The van der Waals surface area contributed by atoms with Crippen molar-refractivity contribution >= 4 is 57.8 Å². The third-order valence-electron chi connectivity index (χ3n) is 3.74. The average Bonchev–Trinajstić information content (AvgIpc) is 2.94. The van der Waals surface area contributed by atoms with Crippen molar-refractivity contribution < 1.29 is 14.3 Å². The molecule has 2 amide bonds. The quantitative estimate of drug-likeness (QED) is 0.530. The summed E-state index contributed by atoms with van der Waals surface area (Å²) >= 11 is 12.2. The lowest BCUT2D eigenvalue weighted by atomic mass is 10.2. The van der Waals surface area contributed by atoms with E-state index < -0.39 is 5.91 Å². The van der Waals surface area contributed by atoms with Crippen LogP contribution in [0.5, 0.6) is 5.75 Å². The Bertz CT molecular complexity index is 945. The number of rotatable bonds is 6. The third kappa shape index (κ3) is 4.92. The fourth-order valence-electron chi connectivity index (χ4n) is 2.40. The van der Waals surface area contributed by atoms with Gasteiger partial charge in [-0.25, -0.2) is 0 Å². The van der Waals surface area contributed by atoms with Crippen LogP contribution in [0.25, 0.3) is 6.08 Å². The SMILES string of the molecule is CCCOc1cccc(/C=C2/SC(=S)N(NC(=O)c3ccc(Cl)cc3)C2=O)c1. The minimum atomic E-state index is -0.441. The van der Waals surface area contributed by atoms with Crippen molar-refractivity contribution in [1.29, 1.82) is 0 Å². The Kier molecular flexibility index (Phi) is 6.72. The highest BCUT2D eigenvalue weighted by Gasteiger charge is 2.33. The molecule has 5 nitrogen and oxygen atoms in total. The Balaban J connectivity index is 1.73. The van der Waals surface area contributed by atoms with E-state index in [-0.39, 0.29) is 10.2 Å². The molecule has 28 heavy (non-hydrogen) atoms. The van der Waals surface area contributed by atoms with Gasteiger partial charge in [-0.05, 0) is 66.7 Å². The number of hydrazine groups is 1. The number of hydrogen-bond acceptors (Lipinski definition) is 5. The van der Waals surface area contributed by atoms with Crippen LogP contribution in [-0.2, 0) is 4.79 Å². The summed E-state index contributed by atoms with van der Waals surface area (Å²) < 4.78 is 5.88. The van der Waals surface area contributed by atoms with E-state index in [2.05, 4.69) is 5.43 Å². The standard InChI is InChI=1S/C20H17ClN2O3S2/c1-2-10-26-16-5-3-4-13(11-16)12-17-19(25)23(20(27)28-17)22-18(24)14-6-8-15(21)9-7-14/h3-9,11-12H,2,10H2,1H3,(H,22,24)/b17-12+. The first-order valence-electron chi connectivity index (χ1n) is 8.55. The molecule has 2 aromatic rings. The van der Waals surface area contributed by atoms with Crippen LogP contribution < -0.4 is 10.2 Å². The van der Waals surface area contributed by atoms with Crippen LogP contribution in [0.4, 0.5) is 0 Å². The molecular formula is C20H17ClN2O3S2. The molecule has 1 N–H and O–H groups in total. The highest BCUT2D eigenvalue weighted by Crippen LogP contribution is 2.32. The van der Waals surface area contributed by atoms with Crippen molar-refractivity contribution in [3.05, 3.63) is 69.6 Å². The molecule has 1 aliphatic heterocycles. The summed E-state index contributed by atoms with van der Waals surface area (Å²) in [4.78, 5) is 25.5. The minimum Gasteiger partial charge on any atom is -0.494 e. The number of carbonyl (C=O) groups is 2. The Morgan fingerprint density at radius 1 is 1.29 bits per heavy atom. The van der Waals surface area contributed by atoms with Crippen molar-refractivity contribution in [2.75, 3.05) is 6.61 Å². The molecule has 0 radical (unpaired) electrons. The van der Waals surface area contributed by atoms with Gasteiger partial charge in [-0.15, -0.1) is 0 Å². The number of hydrogen-bond donors (Lipinski definition) is 1. The van der Waals surface area contributed by atoms with Crippen molar-refractivity contribution in [3.63, 3.8) is 0 Å². The van der Waals surface area contributed by atoms with E-state index >= 15 is 0 Å². The molecule has 0 saturated carbocycles. The molecule has 2 aromatic carbocycles. The van der Waals surface area contributed by atoms with Crippen LogP contribution >= 0.6 is 35.6 Å². The molecule has 0 bridgehead atoms. The molecule has 1 fully saturated rings. The van der Waals surface area contributed by atoms with Gasteiger partial charge in [0.25, 0.3) is 11.8 Å². The van der Waals surface area contributed by atoms with E-state index in [9.17, 15) is 9.59 Å². The monoisotopic (exact) mass is 432 g/mol. The zero-order chi connectivity index (χ0) is 20.1. The van der Waals surface area contributed by atoms with E-state index in [0.29, 0.717) is 22.1 Å². The summed E-state index contributed by atoms with van der Waals surface area (Å²) in [5.41, 5.74) is 3.74. The first kappa shape index (κ1) is 20.4. The van der Waals surface area contributed by atoms with Gasteiger partial charge in [0.1, 0.15) is 5.75 Å². The highest BCUT2D eigenvalue weighted by molar-refractivity contribution is 8.26. The second kappa shape index (κ2) is 9.23. The van der Waals surface area contributed by atoms with Crippen molar-refractivity contribution in [1.82, 2.24) is 10.4 Å². The number of carbonyl (C=O) groups excluding carboxylic acids is 2. The Morgan fingerprint density at radius 3 is 2.75 bits per heavy atom. The molecule has 0 atom stereocenters. The van der Waals surface area contributed by atoms with Gasteiger partial charge >= 0.3 is 0 Å². The van der Waals surface area contributed by atoms with Crippen LogP contribution in [0.3, 0.4) is 0 Å². The molecule has 0 aromatic heterocycles. The van der Waals surface area contributed by atoms with Crippen molar-refractivity contribution in [2.24, 2.45) is 0 Å². The number of thiocarbonyl (C=S) groups is 1. The molecule has 144 valence electrons. The first-order valence-corrected chi connectivity index (χ1v) is 10.2. The molecule has 0 aliphatic carbocycles. The predicted molar refractivity (Wildman–Crippen MR) is 116 cm³/mol. The molecule has 1 aliphatic rings. The first-order chi connectivity index (χ1) is 13.5. The molecule has 1 saturated heterocycles. The predicted octanol–water partition coefficient (Wildman–Crippen LogP) is 4.68.